The molecule has 0 aliphatic carbocycles. The average molecular weight is 382 g/mol. The van der Waals surface area contributed by atoms with Crippen LogP contribution in [-0.2, 0) is 16.1 Å². The van der Waals surface area contributed by atoms with Crippen molar-refractivity contribution in [3.8, 4) is 5.75 Å². The largest absolute Gasteiger partial charge is 0.508 e. The van der Waals surface area contributed by atoms with Crippen LogP contribution in [0.4, 0.5) is 0 Å². The van der Waals surface area contributed by atoms with E-state index in [4.69, 9.17) is 9.47 Å². The summed E-state index contributed by atoms with van der Waals surface area (Å²) in [6.07, 6.45) is 1.02. The molecule has 6 nitrogen and oxygen atoms in total. The number of amides is 1. The molecule has 2 aliphatic heterocycles. The van der Waals surface area contributed by atoms with Crippen LogP contribution in [0.1, 0.15) is 28.2 Å². The Hall–Kier alpha value is -2.44. The van der Waals surface area contributed by atoms with Gasteiger partial charge in [-0.1, -0.05) is 12.1 Å². The van der Waals surface area contributed by atoms with Crippen molar-refractivity contribution in [2.45, 2.75) is 26.1 Å². The minimum absolute atomic E-state index is 0.0468. The maximum absolute atomic E-state index is 12.7. The summed E-state index contributed by atoms with van der Waals surface area (Å²) < 4.78 is 11.8. The summed E-state index contributed by atoms with van der Waals surface area (Å²) in [4.78, 5) is 19.0. The van der Waals surface area contributed by atoms with Crippen molar-refractivity contribution in [1.82, 2.24) is 9.88 Å². The predicted octanol–water partition coefficient (Wildman–Crippen LogP) is 2.79. The van der Waals surface area contributed by atoms with Gasteiger partial charge in [-0.25, -0.2) is 0 Å². The smallest absolute Gasteiger partial charge is 0.254 e. The molecule has 2 saturated heterocycles. The van der Waals surface area contributed by atoms with Crippen LogP contribution in [0.2, 0.25) is 0 Å². The lowest BCUT2D eigenvalue weighted by atomic mass is 9.91. The summed E-state index contributed by atoms with van der Waals surface area (Å²) in [6.45, 7) is 5.20. The zero-order valence-electron chi connectivity index (χ0n) is 16.1. The van der Waals surface area contributed by atoms with Gasteiger partial charge in [0.1, 0.15) is 5.75 Å². The molecule has 0 spiro atoms. The molecule has 2 aliphatic rings. The standard InChI is InChI=1S/C22H26N2O4/c1-15-4-2-6-18(23-15)14-27-9-8-17-13-28-21-12-24(11-20(17)21)22(26)16-5-3-7-19(25)10-16/h2-7,10,17,20-21,25H,8-9,11-14H2,1H3/t17-,20-,21-/m0/s1. The van der Waals surface area contributed by atoms with Gasteiger partial charge in [-0.2, -0.15) is 0 Å². The summed E-state index contributed by atoms with van der Waals surface area (Å²) in [5.74, 6) is 0.813. The molecule has 0 radical (unpaired) electrons. The topological polar surface area (TPSA) is 71.9 Å². The van der Waals surface area contributed by atoms with E-state index in [0.717, 1.165) is 24.4 Å². The van der Waals surface area contributed by atoms with E-state index in [1.54, 1.807) is 18.2 Å². The number of aryl methyl sites for hydroxylation is 1. The second kappa shape index (κ2) is 8.29. The molecule has 2 fully saturated rings. The number of nitrogens with zero attached hydrogens (tertiary/aromatic N) is 2. The molecule has 3 atom stereocenters. The van der Waals surface area contributed by atoms with Crippen LogP contribution in [-0.4, -0.2) is 53.3 Å². The highest BCUT2D eigenvalue weighted by Gasteiger charge is 2.44. The first-order valence-corrected chi connectivity index (χ1v) is 9.80. The fraction of sp³-hybridized carbons (Fsp3) is 0.455. The van der Waals surface area contributed by atoms with Crippen LogP contribution in [0.15, 0.2) is 42.5 Å². The Kier molecular flexibility index (Phi) is 5.59. The molecule has 1 aromatic heterocycles. The summed E-state index contributed by atoms with van der Waals surface area (Å²) in [5.41, 5.74) is 2.46. The van der Waals surface area contributed by atoms with E-state index in [1.165, 1.54) is 6.07 Å². The van der Waals surface area contributed by atoms with Crippen molar-refractivity contribution in [3.05, 3.63) is 59.4 Å². The van der Waals surface area contributed by atoms with E-state index in [-0.39, 0.29) is 17.8 Å². The van der Waals surface area contributed by atoms with E-state index in [9.17, 15) is 9.90 Å². The Morgan fingerprint density at radius 1 is 1.29 bits per heavy atom. The number of carbonyl (C=O) groups is 1. The molecule has 0 saturated carbocycles. The van der Waals surface area contributed by atoms with Crippen LogP contribution < -0.4 is 0 Å². The predicted molar refractivity (Wildman–Crippen MR) is 104 cm³/mol. The van der Waals surface area contributed by atoms with Crippen LogP contribution in [0.25, 0.3) is 0 Å². The lowest BCUT2D eigenvalue weighted by Crippen LogP contribution is -2.31. The Labute approximate surface area is 165 Å². The second-order valence-electron chi connectivity index (χ2n) is 7.67. The van der Waals surface area contributed by atoms with E-state index in [0.29, 0.717) is 43.7 Å². The average Bonchev–Trinajstić information content (AvgIpc) is 3.26. The Morgan fingerprint density at radius 2 is 2.14 bits per heavy atom. The molecule has 0 unspecified atom stereocenters. The molecule has 28 heavy (non-hydrogen) atoms. The fourth-order valence-electron chi connectivity index (χ4n) is 4.17. The van der Waals surface area contributed by atoms with Crippen LogP contribution in [0.5, 0.6) is 5.75 Å². The number of phenolic OH excluding ortho intramolecular Hbond substituents is 1. The number of likely N-dealkylation sites (tertiary alicyclic amines) is 1. The second-order valence-corrected chi connectivity index (χ2v) is 7.67. The molecule has 0 bridgehead atoms. The molecule has 6 heteroatoms. The molecular formula is C22H26N2O4. The third-order valence-electron chi connectivity index (χ3n) is 5.65. The highest BCUT2D eigenvalue weighted by atomic mass is 16.5. The van der Waals surface area contributed by atoms with Gasteiger partial charge in [0.15, 0.2) is 0 Å². The van der Waals surface area contributed by atoms with Gasteiger partial charge in [0.2, 0.25) is 0 Å². The number of benzene rings is 1. The van der Waals surface area contributed by atoms with Gasteiger partial charge >= 0.3 is 0 Å². The Bertz CT molecular complexity index is 841. The van der Waals surface area contributed by atoms with Crippen molar-refractivity contribution < 1.29 is 19.4 Å². The van der Waals surface area contributed by atoms with Crippen molar-refractivity contribution in [1.29, 1.82) is 0 Å². The van der Waals surface area contributed by atoms with E-state index in [2.05, 4.69) is 4.98 Å². The number of hydrogen-bond donors (Lipinski definition) is 1. The monoisotopic (exact) mass is 382 g/mol. The Balaban J connectivity index is 1.27. The fourth-order valence-corrected chi connectivity index (χ4v) is 4.17. The molecule has 4 rings (SSSR count). The van der Waals surface area contributed by atoms with Crippen LogP contribution in [0.3, 0.4) is 0 Å². The minimum atomic E-state index is -0.0468. The van der Waals surface area contributed by atoms with Crippen molar-refractivity contribution >= 4 is 5.91 Å². The van der Waals surface area contributed by atoms with E-state index >= 15 is 0 Å². The summed E-state index contributed by atoms with van der Waals surface area (Å²) >= 11 is 0. The third-order valence-corrected chi connectivity index (χ3v) is 5.65. The zero-order chi connectivity index (χ0) is 19.5. The number of hydrogen-bond acceptors (Lipinski definition) is 5. The number of aromatic nitrogens is 1. The SMILES string of the molecule is Cc1cccc(COCC[C@H]2CO[C@H]3CN(C(=O)c4cccc(O)c4)C[C@@H]23)n1. The van der Waals surface area contributed by atoms with Gasteiger partial charge in [0.05, 0.1) is 25.0 Å². The number of aromatic hydroxyl groups is 1. The zero-order valence-corrected chi connectivity index (χ0v) is 16.1. The third kappa shape index (κ3) is 4.18. The lowest BCUT2D eigenvalue weighted by molar-refractivity contribution is 0.0646. The summed E-state index contributed by atoms with van der Waals surface area (Å²) in [7, 11) is 0. The van der Waals surface area contributed by atoms with E-state index < -0.39 is 0 Å². The summed E-state index contributed by atoms with van der Waals surface area (Å²) in [5, 5.41) is 9.61. The first kappa shape index (κ1) is 18.9. The van der Waals surface area contributed by atoms with Gasteiger partial charge in [-0.3, -0.25) is 9.78 Å². The first-order chi connectivity index (χ1) is 13.6. The van der Waals surface area contributed by atoms with Gasteiger partial charge in [0, 0.05) is 36.9 Å². The van der Waals surface area contributed by atoms with Gasteiger partial charge in [-0.05, 0) is 49.6 Å². The first-order valence-electron chi connectivity index (χ1n) is 9.80. The number of pyridine rings is 1. The van der Waals surface area contributed by atoms with Crippen LogP contribution >= 0.6 is 0 Å². The molecule has 1 N–H and O–H groups in total. The number of rotatable bonds is 6. The molecule has 3 heterocycles. The van der Waals surface area contributed by atoms with E-state index in [1.807, 2.05) is 30.0 Å². The highest BCUT2D eigenvalue weighted by Crippen LogP contribution is 2.36. The molecule has 2 aromatic rings. The summed E-state index contributed by atoms with van der Waals surface area (Å²) in [6, 6.07) is 12.5. The number of ether oxygens (including phenoxy) is 2. The van der Waals surface area contributed by atoms with Gasteiger partial charge < -0.3 is 19.5 Å². The van der Waals surface area contributed by atoms with Crippen molar-refractivity contribution in [2.24, 2.45) is 11.8 Å². The molecule has 148 valence electrons. The maximum Gasteiger partial charge on any atom is 0.254 e. The van der Waals surface area contributed by atoms with Crippen LogP contribution in [0, 0.1) is 18.8 Å². The molecule has 1 amide bonds. The lowest BCUT2D eigenvalue weighted by Gasteiger charge is -2.20. The Morgan fingerprint density at radius 3 is 2.96 bits per heavy atom. The van der Waals surface area contributed by atoms with Crippen molar-refractivity contribution in [3.63, 3.8) is 0 Å². The van der Waals surface area contributed by atoms with Crippen molar-refractivity contribution in [2.75, 3.05) is 26.3 Å². The quantitative estimate of drug-likeness (QED) is 0.778. The molecule has 1 aromatic carbocycles. The minimum Gasteiger partial charge on any atom is -0.508 e. The number of carbonyl (C=O) groups excluding carboxylic acids is 1. The maximum atomic E-state index is 12.7. The normalized spacial score (nSPS) is 23.8. The number of fused-ring (bicyclic) bond motifs is 1. The number of phenols is 1. The molecular weight excluding hydrogens is 356 g/mol. The van der Waals surface area contributed by atoms with Gasteiger partial charge in [0.25, 0.3) is 5.91 Å². The highest BCUT2D eigenvalue weighted by molar-refractivity contribution is 5.94. The van der Waals surface area contributed by atoms with Gasteiger partial charge in [-0.15, -0.1) is 0 Å².